The monoisotopic (exact) mass is 335 g/mol. The summed E-state index contributed by atoms with van der Waals surface area (Å²) in [6.07, 6.45) is 6.59. The van der Waals surface area contributed by atoms with Crippen molar-refractivity contribution in [1.82, 2.24) is 15.6 Å². The number of hydrogen-bond acceptors (Lipinski definition) is 4. The van der Waals surface area contributed by atoms with E-state index in [0.717, 1.165) is 29.4 Å². The molecule has 0 unspecified atom stereocenters. The third-order valence-electron chi connectivity index (χ3n) is 4.69. The van der Waals surface area contributed by atoms with E-state index in [1.807, 2.05) is 30.8 Å². The van der Waals surface area contributed by atoms with Gasteiger partial charge in [0.05, 0.1) is 5.54 Å². The highest BCUT2D eigenvalue weighted by atomic mass is 35.5. The Morgan fingerprint density at radius 3 is 2.95 bits per heavy atom. The largest absolute Gasteiger partial charge is 0.309 e. The van der Waals surface area contributed by atoms with Crippen molar-refractivity contribution in [2.45, 2.75) is 43.8 Å². The molecule has 2 N–H and O–H groups in total. The first-order chi connectivity index (χ1) is 10.8. The van der Waals surface area contributed by atoms with Crippen LogP contribution in [0.25, 0.3) is 0 Å². The van der Waals surface area contributed by atoms with Crippen LogP contribution in [0.1, 0.15) is 36.3 Å². The van der Waals surface area contributed by atoms with Crippen LogP contribution in [0.4, 0.5) is 0 Å². The van der Waals surface area contributed by atoms with E-state index >= 15 is 0 Å². The molecule has 118 valence electrons. The van der Waals surface area contributed by atoms with Gasteiger partial charge in [-0.05, 0) is 31.5 Å². The Morgan fingerprint density at radius 1 is 1.36 bits per heavy atom. The summed E-state index contributed by atoms with van der Waals surface area (Å²) >= 11 is 8.21. The summed E-state index contributed by atoms with van der Waals surface area (Å²) in [5.74, 6) is 0. The Bertz CT molecular complexity index is 602. The minimum Gasteiger partial charge on any atom is -0.309 e. The van der Waals surface area contributed by atoms with Gasteiger partial charge in [-0.15, -0.1) is 11.3 Å². The lowest BCUT2D eigenvalue weighted by Crippen LogP contribution is -2.57. The highest BCUT2D eigenvalue weighted by molar-refractivity contribution is 7.09. The van der Waals surface area contributed by atoms with Crippen molar-refractivity contribution >= 4 is 22.9 Å². The lowest BCUT2D eigenvalue weighted by molar-refractivity contribution is 0.176. The molecule has 0 amide bonds. The van der Waals surface area contributed by atoms with E-state index in [0.29, 0.717) is 6.04 Å². The molecular formula is C17H22ClN3S. The second kappa shape index (κ2) is 7.09. The van der Waals surface area contributed by atoms with E-state index in [9.17, 15) is 0 Å². The summed E-state index contributed by atoms with van der Waals surface area (Å²) in [4.78, 5) is 4.37. The number of likely N-dealkylation sites (N-methyl/N-ethyl adjacent to an activating group) is 1. The van der Waals surface area contributed by atoms with Crippen molar-refractivity contribution in [3.05, 3.63) is 51.4 Å². The Hall–Kier alpha value is -0.940. The average molecular weight is 336 g/mol. The van der Waals surface area contributed by atoms with Crippen LogP contribution in [0.2, 0.25) is 5.02 Å². The molecule has 0 saturated heterocycles. The maximum Gasteiger partial charge on any atom is 0.106 e. The molecule has 0 bridgehead atoms. The number of rotatable bonds is 5. The summed E-state index contributed by atoms with van der Waals surface area (Å²) in [5.41, 5.74) is 1.10. The van der Waals surface area contributed by atoms with Gasteiger partial charge < -0.3 is 10.6 Å². The number of thiazole rings is 1. The van der Waals surface area contributed by atoms with Crippen LogP contribution in [0.15, 0.2) is 35.8 Å². The zero-order valence-corrected chi connectivity index (χ0v) is 14.4. The molecule has 3 rings (SSSR count). The van der Waals surface area contributed by atoms with E-state index in [1.54, 1.807) is 11.3 Å². The van der Waals surface area contributed by atoms with Crippen molar-refractivity contribution in [3.8, 4) is 0 Å². The quantitative estimate of drug-likeness (QED) is 0.869. The van der Waals surface area contributed by atoms with Gasteiger partial charge in [-0.25, -0.2) is 4.98 Å². The molecule has 1 aromatic carbocycles. The molecule has 1 aromatic heterocycles. The minimum atomic E-state index is -0.103. The molecule has 1 aliphatic carbocycles. The van der Waals surface area contributed by atoms with Crippen molar-refractivity contribution in [1.29, 1.82) is 0 Å². The fourth-order valence-electron chi connectivity index (χ4n) is 3.58. The molecule has 5 heteroatoms. The van der Waals surface area contributed by atoms with Crippen molar-refractivity contribution in [2.24, 2.45) is 0 Å². The fraction of sp³-hybridized carbons (Fsp3) is 0.471. The highest BCUT2D eigenvalue weighted by Gasteiger charge is 2.41. The lowest BCUT2D eigenvalue weighted by Gasteiger charge is -2.45. The van der Waals surface area contributed by atoms with Crippen LogP contribution in [-0.2, 0) is 12.1 Å². The van der Waals surface area contributed by atoms with Crippen LogP contribution in [0.3, 0.4) is 0 Å². The predicted octanol–water partition coefficient (Wildman–Crippen LogP) is 3.94. The molecule has 0 spiro atoms. The first-order valence-corrected chi connectivity index (χ1v) is 9.08. The van der Waals surface area contributed by atoms with E-state index in [4.69, 9.17) is 11.6 Å². The lowest BCUT2D eigenvalue weighted by atomic mass is 9.72. The highest BCUT2D eigenvalue weighted by Crippen LogP contribution is 2.40. The summed E-state index contributed by atoms with van der Waals surface area (Å²) in [7, 11) is 2.05. The Labute approximate surface area is 141 Å². The zero-order valence-electron chi connectivity index (χ0n) is 12.8. The first kappa shape index (κ1) is 15.9. The molecule has 0 radical (unpaired) electrons. The Balaban J connectivity index is 1.87. The third kappa shape index (κ3) is 3.06. The standard InChI is InChI=1S/C17H22ClN3S/c1-19-17(13-6-2-3-7-14(13)18)9-5-4-8-15(17)21-12-16-20-10-11-22-16/h2-3,6-7,10-11,15,19,21H,4-5,8-9,12H2,1H3/t15-,17+/m0/s1. The van der Waals surface area contributed by atoms with Crippen molar-refractivity contribution in [3.63, 3.8) is 0 Å². The number of halogens is 1. The smallest absolute Gasteiger partial charge is 0.106 e. The van der Waals surface area contributed by atoms with Gasteiger partial charge in [-0.3, -0.25) is 0 Å². The minimum absolute atomic E-state index is 0.103. The molecule has 22 heavy (non-hydrogen) atoms. The number of hydrogen-bond donors (Lipinski definition) is 2. The molecule has 0 aliphatic heterocycles. The number of nitrogens with zero attached hydrogens (tertiary/aromatic N) is 1. The molecular weight excluding hydrogens is 314 g/mol. The number of nitrogens with one attached hydrogen (secondary N) is 2. The van der Waals surface area contributed by atoms with E-state index in [1.165, 1.54) is 18.4 Å². The maximum absolute atomic E-state index is 6.51. The van der Waals surface area contributed by atoms with Gasteiger partial charge in [-0.1, -0.05) is 42.6 Å². The summed E-state index contributed by atoms with van der Waals surface area (Å²) in [6.45, 7) is 0.816. The molecule has 3 nitrogen and oxygen atoms in total. The van der Waals surface area contributed by atoms with Gasteiger partial charge in [0.25, 0.3) is 0 Å². The Kier molecular flexibility index (Phi) is 5.14. The topological polar surface area (TPSA) is 37.0 Å². The van der Waals surface area contributed by atoms with Gasteiger partial charge in [0.2, 0.25) is 0 Å². The second-order valence-electron chi connectivity index (χ2n) is 5.81. The maximum atomic E-state index is 6.51. The molecule has 1 fully saturated rings. The molecule has 1 saturated carbocycles. The van der Waals surface area contributed by atoms with Crippen LogP contribution in [0, 0.1) is 0 Å². The van der Waals surface area contributed by atoms with Crippen LogP contribution >= 0.6 is 22.9 Å². The molecule has 1 aliphatic rings. The third-order valence-corrected chi connectivity index (χ3v) is 5.80. The normalized spacial score (nSPS) is 25.3. The summed E-state index contributed by atoms with van der Waals surface area (Å²) in [5, 5.41) is 11.3. The summed E-state index contributed by atoms with van der Waals surface area (Å²) < 4.78 is 0. The fourth-order valence-corrected chi connectivity index (χ4v) is 4.45. The number of benzene rings is 1. The summed E-state index contributed by atoms with van der Waals surface area (Å²) in [6, 6.07) is 8.57. The van der Waals surface area contributed by atoms with Crippen molar-refractivity contribution < 1.29 is 0 Å². The van der Waals surface area contributed by atoms with Crippen LogP contribution in [-0.4, -0.2) is 18.1 Å². The molecule has 1 heterocycles. The predicted molar refractivity (Wildman–Crippen MR) is 93.4 cm³/mol. The Morgan fingerprint density at radius 2 is 2.23 bits per heavy atom. The van der Waals surface area contributed by atoms with Gasteiger partial charge in [-0.2, -0.15) is 0 Å². The first-order valence-electron chi connectivity index (χ1n) is 7.82. The van der Waals surface area contributed by atoms with Gasteiger partial charge >= 0.3 is 0 Å². The van der Waals surface area contributed by atoms with E-state index in [-0.39, 0.29) is 5.54 Å². The van der Waals surface area contributed by atoms with Crippen LogP contribution in [0.5, 0.6) is 0 Å². The van der Waals surface area contributed by atoms with Crippen LogP contribution < -0.4 is 10.6 Å². The molecule has 2 atom stereocenters. The van der Waals surface area contributed by atoms with Gasteiger partial charge in [0, 0.05) is 29.2 Å². The average Bonchev–Trinajstić information content (AvgIpc) is 3.07. The van der Waals surface area contributed by atoms with E-state index in [2.05, 4.69) is 27.8 Å². The van der Waals surface area contributed by atoms with Gasteiger partial charge in [0.1, 0.15) is 5.01 Å². The van der Waals surface area contributed by atoms with Gasteiger partial charge in [0.15, 0.2) is 0 Å². The SMILES string of the molecule is CN[C@@]1(c2ccccc2Cl)CCCC[C@@H]1NCc1nccs1. The van der Waals surface area contributed by atoms with E-state index < -0.39 is 0 Å². The molecule has 2 aromatic rings. The zero-order chi connectivity index (χ0) is 15.4. The van der Waals surface area contributed by atoms with Crippen molar-refractivity contribution in [2.75, 3.05) is 7.05 Å². The number of aromatic nitrogens is 1. The second-order valence-corrected chi connectivity index (χ2v) is 7.19.